The largest absolute Gasteiger partial charge is 0.453 e. The van der Waals surface area contributed by atoms with Crippen LogP contribution in [0.15, 0.2) is 21.6 Å². The first kappa shape index (κ1) is 31.0. The number of carbonyl (C=O) groups excluding carboxylic acids is 2. The van der Waals surface area contributed by atoms with E-state index in [0.717, 1.165) is 35.9 Å². The fourth-order valence-corrected chi connectivity index (χ4v) is 8.46. The number of hydrogen-bond acceptors (Lipinski definition) is 7. The van der Waals surface area contributed by atoms with E-state index in [4.69, 9.17) is 14.5 Å². The first-order valence-electron chi connectivity index (χ1n) is 15.0. The quantitative estimate of drug-likeness (QED) is 0.253. The van der Waals surface area contributed by atoms with Gasteiger partial charge in [0.2, 0.25) is 0 Å². The summed E-state index contributed by atoms with van der Waals surface area (Å²) in [6.45, 7) is 8.19. The van der Waals surface area contributed by atoms with Crippen molar-refractivity contribution in [2.75, 3.05) is 19.9 Å². The molecule has 2 aromatic heterocycles. The van der Waals surface area contributed by atoms with Gasteiger partial charge in [-0.25, -0.2) is 19.0 Å². The Morgan fingerprint density at radius 3 is 2.64 bits per heavy atom. The zero-order valence-corrected chi connectivity index (χ0v) is 28.2. The minimum Gasteiger partial charge on any atom is -0.453 e. The molecule has 4 fully saturated rings. The summed E-state index contributed by atoms with van der Waals surface area (Å²) in [5.74, 6) is -0.286. The first-order chi connectivity index (χ1) is 20.9. The molecule has 44 heavy (non-hydrogen) atoms. The van der Waals surface area contributed by atoms with Crippen LogP contribution in [0.1, 0.15) is 76.7 Å². The Kier molecular flexibility index (Phi) is 8.02. The Labute approximate surface area is 269 Å². The van der Waals surface area contributed by atoms with Crippen LogP contribution < -0.4 is 0 Å². The Bertz CT molecular complexity index is 1720. The highest BCUT2D eigenvalue weighted by molar-refractivity contribution is 9.10. The Balaban J connectivity index is 1.61. The van der Waals surface area contributed by atoms with Gasteiger partial charge in [-0.15, -0.1) is 11.8 Å². The number of methoxy groups -OCH3 is 1. The molecule has 5 heterocycles. The zero-order valence-electron chi connectivity index (χ0n) is 25.8. The number of hydrogen-bond donors (Lipinski definition) is 0. The summed E-state index contributed by atoms with van der Waals surface area (Å²) < 4.78 is 29.7. The van der Waals surface area contributed by atoms with E-state index in [2.05, 4.69) is 32.6 Å². The maximum Gasteiger partial charge on any atom is 0.410 e. The molecule has 7 rings (SSSR count). The van der Waals surface area contributed by atoms with Crippen molar-refractivity contribution in [3.05, 3.63) is 33.7 Å². The number of ether oxygens (including phenoxy) is 2. The van der Waals surface area contributed by atoms with Crippen molar-refractivity contribution in [1.29, 1.82) is 5.26 Å². The second-order valence-corrected chi connectivity index (χ2v) is 14.6. The molecule has 3 aromatic rings. The van der Waals surface area contributed by atoms with Crippen molar-refractivity contribution < 1.29 is 23.5 Å². The topological polar surface area (TPSA) is 101 Å². The Morgan fingerprint density at radius 1 is 1.23 bits per heavy atom. The molecule has 3 aliphatic heterocycles. The number of pyridine rings is 1. The van der Waals surface area contributed by atoms with Crippen LogP contribution in [0.3, 0.4) is 0 Å². The van der Waals surface area contributed by atoms with Crippen molar-refractivity contribution in [2.45, 2.75) is 94.6 Å². The lowest BCUT2D eigenvalue weighted by atomic mass is 9.79. The van der Waals surface area contributed by atoms with Gasteiger partial charge in [-0.3, -0.25) is 4.90 Å². The second-order valence-electron chi connectivity index (χ2n) is 13.0. The van der Waals surface area contributed by atoms with E-state index in [1.807, 2.05) is 44.9 Å². The molecule has 0 unspecified atom stereocenters. The average molecular weight is 687 g/mol. The van der Waals surface area contributed by atoms with Gasteiger partial charge < -0.3 is 18.9 Å². The maximum absolute atomic E-state index is 16.1. The number of aryl methyl sites for hydroxylation is 1. The van der Waals surface area contributed by atoms with Crippen LogP contribution in [0.2, 0.25) is 0 Å². The summed E-state index contributed by atoms with van der Waals surface area (Å²) in [4.78, 5) is 34.8. The van der Waals surface area contributed by atoms with Crippen LogP contribution in [0.5, 0.6) is 0 Å². The lowest BCUT2D eigenvalue weighted by molar-refractivity contribution is 0.0208. The summed E-state index contributed by atoms with van der Waals surface area (Å²) >= 11 is 4.88. The third-order valence-corrected chi connectivity index (χ3v) is 10.9. The lowest BCUT2D eigenvalue weighted by Gasteiger charge is -2.40. The van der Waals surface area contributed by atoms with E-state index in [0.29, 0.717) is 33.4 Å². The summed E-state index contributed by atoms with van der Waals surface area (Å²) in [7, 11) is 1.40. The monoisotopic (exact) mass is 685 g/mol. The number of likely N-dealkylation sites (tertiary alicyclic amines) is 1. The van der Waals surface area contributed by atoms with Crippen molar-refractivity contribution in [3.8, 4) is 6.07 Å². The van der Waals surface area contributed by atoms with Gasteiger partial charge >= 0.3 is 12.2 Å². The first-order valence-corrected chi connectivity index (χ1v) is 17.0. The third kappa shape index (κ3) is 4.91. The van der Waals surface area contributed by atoms with E-state index in [1.165, 1.54) is 18.9 Å². The third-order valence-electron chi connectivity index (χ3n) is 9.30. The minimum atomic E-state index is -0.619. The number of carbonyl (C=O) groups is 2. The minimum absolute atomic E-state index is 0.0174. The number of nitrogens with zero attached hydrogens (tertiary/aromatic N) is 5. The number of benzene rings is 1. The molecule has 0 N–H and O–H groups in total. The molecule has 0 radical (unpaired) electrons. The van der Waals surface area contributed by atoms with Crippen LogP contribution in [0, 0.1) is 23.1 Å². The predicted molar refractivity (Wildman–Crippen MR) is 170 cm³/mol. The molecule has 3 saturated heterocycles. The normalized spacial score (nSPS) is 24.6. The molecule has 5 atom stereocenters. The van der Waals surface area contributed by atoms with E-state index >= 15 is 4.39 Å². The van der Waals surface area contributed by atoms with E-state index in [9.17, 15) is 14.9 Å². The summed E-state index contributed by atoms with van der Waals surface area (Å²) in [6, 6.07) is 5.75. The molecular weight excluding hydrogens is 649 g/mol. The molecule has 12 heteroatoms. The fourth-order valence-electron chi connectivity index (χ4n) is 7.40. The lowest BCUT2D eigenvalue weighted by Crippen LogP contribution is -2.45. The Morgan fingerprint density at radius 2 is 1.98 bits per heavy atom. The number of fused-ring (bicyclic) bond motifs is 4. The standard InChI is InChI=1S/C32H37BrFN5O4S/c1-16-9-10-21(38(16)31(41)42-5)22-14-20-28(39(22)27-18-13-23(27)37(15-18)30(40)43-32(2,3)4)19-12-17(8-7-11-35)24(33)25(34)26(19)36-29(20)44-6/h12,14,16,18,21,23,27H,7-10,13,15H2,1-6H3/t16-,18-,21-,23-,27+/m1/s1. The summed E-state index contributed by atoms with van der Waals surface area (Å²) in [5, 5.41) is 11.5. The van der Waals surface area contributed by atoms with Gasteiger partial charge in [0.25, 0.3) is 0 Å². The highest BCUT2D eigenvalue weighted by Crippen LogP contribution is 2.54. The number of nitriles is 1. The maximum atomic E-state index is 16.1. The molecule has 1 saturated carbocycles. The van der Waals surface area contributed by atoms with Gasteiger partial charge in [-0.2, -0.15) is 5.26 Å². The van der Waals surface area contributed by atoms with Crippen LogP contribution >= 0.6 is 27.7 Å². The van der Waals surface area contributed by atoms with Crippen LogP contribution in [-0.4, -0.2) is 69.1 Å². The van der Waals surface area contributed by atoms with Crippen molar-refractivity contribution in [1.82, 2.24) is 19.4 Å². The average Bonchev–Trinajstić information content (AvgIpc) is 3.74. The molecule has 2 bridgehead atoms. The van der Waals surface area contributed by atoms with Crippen molar-refractivity contribution >= 4 is 61.7 Å². The molecule has 1 aromatic carbocycles. The SMILES string of the molecule is COC(=O)N1[C@H](C)CC[C@@H]1c1cc2c(SC)nc3c(F)c(Br)c(CCC#N)cc3c2n1[C@H]1[C@@H]2C[C@H]1N(C(=O)OC(C)(C)C)C2. The molecule has 0 spiro atoms. The smallest absolute Gasteiger partial charge is 0.410 e. The van der Waals surface area contributed by atoms with E-state index in [1.54, 1.807) is 4.90 Å². The van der Waals surface area contributed by atoms with Crippen LogP contribution in [0.25, 0.3) is 21.8 Å². The van der Waals surface area contributed by atoms with Crippen molar-refractivity contribution in [3.63, 3.8) is 0 Å². The number of aromatic nitrogens is 2. The van der Waals surface area contributed by atoms with E-state index < -0.39 is 11.4 Å². The molecule has 2 amide bonds. The molecule has 1 aliphatic carbocycles. The fraction of sp³-hybridized carbons (Fsp3) is 0.562. The molecular formula is C32H37BrFN5O4S. The van der Waals surface area contributed by atoms with Gasteiger partial charge in [0.05, 0.1) is 41.3 Å². The van der Waals surface area contributed by atoms with Crippen LogP contribution in [0.4, 0.5) is 14.0 Å². The van der Waals surface area contributed by atoms with Gasteiger partial charge in [-0.05, 0) is 93.3 Å². The zero-order chi connectivity index (χ0) is 31.7. The van der Waals surface area contributed by atoms with E-state index in [-0.39, 0.29) is 54.2 Å². The summed E-state index contributed by atoms with van der Waals surface area (Å²) in [6.07, 6.45) is 4.26. The van der Waals surface area contributed by atoms with Crippen LogP contribution in [-0.2, 0) is 15.9 Å². The number of halogens is 2. The second kappa shape index (κ2) is 11.4. The number of amides is 2. The molecule has 9 nitrogen and oxygen atoms in total. The number of rotatable bonds is 5. The Hall–Kier alpha value is -3.04. The van der Waals surface area contributed by atoms with Gasteiger partial charge in [0, 0.05) is 41.4 Å². The molecule has 234 valence electrons. The van der Waals surface area contributed by atoms with Gasteiger partial charge in [0.1, 0.15) is 16.1 Å². The summed E-state index contributed by atoms with van der Waals surface area (Å²) in [5.41, 5.74) is 2.11. The predicted octanol–water partition coefficient (Wildman–Crippen LogP) is 7.74. The van der Waals surface area contributed by atoms with Crippen molar-refractivity contribution in [2.24, 2.45) is 5.92 Å². The highest BCUT2D eigenvalue weighted by Gasteiger charge is 2.57. The number of thioether (sulfide) groups is 1. The highest BCUT2D eigenvalue weighted by atomic mass is 79.9. The molecule has 4 aliphatic rings. The van der Waals surface area contributed by atoms with Gasteiger partial charge in [0.15, 0.2) is 5.82 Å². The van der Waals surface area contributed by atoms with Gasteiger partial charge in [-0.1, -0.05) is 0 Å².